The van der Waals surface area contributed by atoms with Gasteiger partial charge in [0.15, 0.2) is 0 Å². The second-order valence-electron chi connectivity index (χ2n) is 7.40. The highest BCUT2D eigenvalue weighted by Gasteiger charge is 2.24. The van der Waals surface area contributed by atoms with Crippen LogP contribution in [0.2, 0.25) is 0 Å². The van der Waals surface area contributed by atoms with E-state index in [1.165, 1.54) is 0 Å². The Morgan fingerprint density at radius 3 is 3.00 bits per heavy atom. The van der Waals surface area contributed by atoms with Crippen LogP contribution in [0.25, 0.3) is 5.69 Å². The van der Waals surface area contributed by atoms with Gasteiger partial charge in [0.2, 0.25) is 5.88 Å². The summed E-state index contributed by atoms with van der Waals surface area (Å²) in [5.41, 5.74) is 4.82. The molecule has 4 rings (SSSR count). The fourth-order valence-electron chi connectivity index (χ4n) is 3.78. The van der Waals surface area contributed by atoms with Crippen molar-refractivity contribution in [3.05, 3.63) is 71.2 Å². The molecule has 1 atom stereocenters. The molecule has 0 saturated heterocycles. The molecule has 29 heavy (non-hydrogen) atoms. The van der Waals surface area contributed by atoms with Crippen LogP contribution in [0.4, 0.5) is 0 Å². The normalized spacial score (nSPS) is 16.0. The largest absolute Gasteiger partial charge is 0.478 e. The van der Waals surface area contributed by atoms with Gasteiger partial charge in [0.1, 0.15) is 0 Å². The van der Waals surface area contributed by atoms with E-state index in [9.17, 15) is 4.79 Å². The number of carbonyl (C=O) groups excluding carboxylic acids is 1. The van der Waals surface area contributed by atoms with E-state index in [0.29, 0.717) is 18.1 Å². The number of pyridine rings is 1. The van der Waals surface area contributed by atoms with Crippen LogP contribution in [-0.4, -0.2) is 27.3 Å². The Hall–Kier alpha value is -3.15. The SMILES string of the molecule is CCOc1cc(-n2cc3c(n2)CCCCC3NC(=O)c2cccc(C)c2)ccn1. The monoisotopic (exact) mass is 390 g/mol. The number of aryl methyl sites for hydroxylation is 2. The third-order valence-corrected chi connectivity index (χ3v) is 5.22. The summed E-state index contributed by atoms with van der Waals surface area (Å²) < 4.78 is 7.38. The van der Waals surface area contributed by atoms with E-state index in [4.69, 9.17) is 9.84 Å². The number of ether oxygens (including phenoxy) is 1. The first kappa shape index (κ1) is 19.2. The quantitative estimate of drug-likeness (QED) is 0.664. The van der Waals surface area contributed by atoms with Gasteiger partial charge in [-0.25, -0.2) is 9.67 Å². The first-order valence-electron chi connectivity index (χ1n) is 10.2. The number of rotatable bonds is 5. The van der Waals surface area contributed by atoms with Crippen molar-refractivity contribution < 1.29 is 9.53 Å². The summed E-state index contributed by atoms with van der Waals surface area (Å²) in [6.07, 6.45) is 7.73. The van der Waals surface area contributed by atoms with Crippen LogP contribution in [0.1, 0.15) is 59.4 Å². The lowest BCUT2D eigenvalue weighted by Gasteiger charge is -2.17. The molecule has 1 unspecified atom stereocenters. The number of fused-ring (bicyclic) bond motifs is 1. The third kappa shape index (κ3) is 4.31. The Morgan fingerprint density at radius 2 is 2.17 bits per heavy atom. The second kappa shape index (κ2) is 8.47. The van der Waals surface area contributed by atoms with Crippen LogP contribution in [0.5, 0.6) is 5.88 Å². The van der Waals surface area contributed by atoms with Gasteiger partial charge in [0, 0.05) is 29.6 Å². The summed E-state index contributed by atoms with van der Waals surface area (Å²) in [6.45, 7) is 4.50. The van der Waals surface area contributed by atoms with Crippen LogP contribution in [-0.2, 0) is 6.42 Å². The summed E-state index contributed by atoms with van der Waals surface area (Å²) in [5.74, 6) is 0.543. The number of nitrogens with one attached hydrogen (secondary N) is 1. The van der Waals surface area contributed by atoms with Gasteiger partial charge in [0.25, 0.3) is 5.91 Å². The van der Waals surface area contributed by atoms with Crippen molar-refractivity contribution in [3.63, 3.8) is 0 Å². The van der Waals surface area contributed by atoms with Gasteiger partial charge in [0.05, 0.1) is 24.0 Å². The Balaban J connectivity index is 1.61. The van der Waals surface area contributed by atoms with Crippen molar-refractivity contribution in [1.29, 1.82) is 0 Å². The van der Waals surface area contributed by atoms with E-state index in [1.807, 2.05) is 61.1 Å². The maximum absolute atomic E-state index is 12.8. The maximum Gasteiger partial charge on any atom is 0.251 e. The Morgan fingerprint density at radius 1 is 1.28 bits per heavy atom. The van der Waals surface area contributed by atoms with Crippen molar-refractivity contribution >= 4 is 5.91 Å². The van der Waals surface area contributed by atoms with E-state index >= 15 is 0 Å². The summed E-state index contributed by atoms with van der Waals surface area (Å²) >= 11 is 0. The summed E-state index contributed by atoms with van der Waals surface area (Å²) in [7, 11) is 0. The van der Waals surface area contributed by atoms with E-state index in [-0.39, 0.29) is 11.9 Å². The lowest BCUT2D eigenvalue weighted by Crippen LogP contribution is -2.28. The molecule has 2 aromatic heterocycles. The Kier molecular flexibility index (Phi) is 5.60. The zero-order chi connectivity index (χ0) is 20.2. The number of benzene rings is 1. The van der Waals surface area contributed by atoms with Crippen molar-refractivity contribution in [3.8, 4) is 11.6 Å². The van der Waals surface area contributed by atoms with Crippen molar-refractivity contribution in [2.75, 3.05) is 6.61 Å². The molecule has 1 aliphatic carbocycles. The molecule has 0 radical (unpaired) electrons. The van der Waals surface area contributed by atoms with Crippen LogP contribution >= 0.6 is 0 Å². The molecule has 0 aliphatic heterocycles. The predicted octanol–water partition coefficient (Wildman–Crippen LogP) is 4.17. The summed E-state index contributed by atoms with van der Waals surface area (Å²) in [4.78, 5) is 17.0. The zero-order valence-electron chi connectivity index (χ0n) is 16.9. The molecule has 6 heteroatoms. The molecule has 1 aliphatic rings. The number of nitrogens with zero attached hydrogens (tertiary/aromatic N) is 3. The topological polar surface area (TPSA) is 69.0 Å². The molecule has 6 nitrogen and oxygen atoms in total. The van der Waals surface area contributed by atoms with E-state index in [2.05, 4.69) is 10.3 Å². The van der Waals surface area contributed by atoms with Gasteiger partial charge >= 0.3 is 0 Å². The molecular weight excluding hydrogens is 364 g/mol. The van der Waals surface area contributed by atoms with Gasteiger partial charge in [-0.15, -0.1) is 0 Å². The van der Waals surface area contributed by atoms with Gasteiger partial charge in [-0.1, -0.05) is 24.1 Å². The van der Waals surface area contributed by atoms with Gasteiger partial charge in [-0.2, -0.15) is 5.10 Å². The Bertz CT molecular complexity index is 1010. The van der Waals surface area contributed by atoms with Crippen LogP contribution in [0.15, 0.2) is 48.8 Å². The molecule has 0 spiro atoms. The second-order valence-corrected chi connectivity index (χ2v) is 7.40. The van der Waals surface area contributed by atoms with Crippen molar-refractivity contribution in [2.45, 2.75) is 45.6 Å². The fourth-order valence-corrected chi connectivity index (χ4v) is 3.78. The third-order valence-electron chi connectivity index (χ3n) is 5.22. The molecule has 1 aromatic carbocycles. The molecule has 3 aromatic rings. The molecule has 1 N–H and O–H groups in total. The minimum Gasteiger partial charge on any atom is -0.478 e. The predicted molar refractivity (Wildman–Crippen MR) is 111 cm³/mol. The minimum atomic E-state index is -0.0400. The van der Waals surface area contributed by atoms with Crippen LogP contribution in [0.3, 0.4) is 0 Å². The molecule has 150 valence electrons. The van der Waals surface area contributed by atoms with Crippen LogP contribution < -0.4 is 10.1 Å². The number of aromatic nitrogens is 3. The number of hydrogen-bond acceptors (Lipinski definition) is 4. The van der Waals surface area contributed by atoms with Gasteiger partial charge < -0.3 is 10.1 Å². The molecule has 1 amide bonds. The highest BCUT2D eigenvalue weighted by atomic mass is 16.5. The highest BCUT2D eigenvalue weighted by Crippen LogP contribution is 2.29. The van der Waals surface area contributed by atoms with Crippen molar-refractivity contribution in [2.24, 2.45) is 0 Å². The standard InChI is InChI=1S/C23H26N4O2/c1-3-29-22-14-18(11-12-24-22)27-15-19-20(9-4-5-10-21(19)26-27)25-23(28)17-8-6-7-16(2)13-17/h6-8,11-15,20H,3-5,9-10H2,1-2H3,(H,25,28). The highest BCUT2D eigenvalue weighted by molar-refractivity contribution is 5.94. The number of hydrogen-bond donors (Lipinski definition) is 1. The minimum absolute atomic E-state index is 0.0394. The molecule has 0 bridgehead atoms. The summed E-state index contributed by atoms with van der Waals surface area (Å²) in [6, 6.07) is 11.4. The van der Waals surface area contributed by atoms with Crippen molar-refractivity contribution in [1.82, 2.24) is 20.1 Å². The average molecular weight is 390 g/mol. The maximum atomic E-state index is 12.8. The van der Waals surface area contributed by atoms with Gasteiger partial charge in [-0.05, 0) is 51.3 Å². The number of amides is 1. The van der Waals surface area contributed by atoms with Gasteiger partial charge in [-0.3, -0.25) is 4.79 Å². The Labute approximate surface area is 170 Å². The van der Waals surface area contributed by atoms with E-state index < -0.39 is 0 Å². The molecular formula is C23H26N4O2. The molecule has 0 saturated carbocycles. The smallest absolute Gasteiger partial charge is 0.251 e. The lowest BCUT2D eigenvalue weighted by atomic mass is 10.0. The average Bonchev–Trinajstić information content (AvgIpc) is 3.06. The lowest BCUT2D eigenvalue weighted by molar-refractivity contribution is 0.0934. The first-order chi connectivity index (χ1) is 14.1. The molecule has 0 fully saturated rings. The summed E-state index contributed by atoms with van der Waals surface area (Å²) in [5, 5.41) is 8.03. The van der Waals surface area contributed by atoms with Crippen LogP contribution in [0, 0.1) is 6.92 Å². The zero-order valence-corrected chi connectivity index (χ0v) is 16.9. The van der Waals surface area contributed by atoms with E-state index in [0.717, 1.165) is 48.2 Å². The first-order valence-corrected chi connectivity index (χ1v) is 10.2. The fraction of sp³-hybridized carbons (Fsp3) is 0.348. The molecule has 2 heterocycles. The van der Waals surface area contributed by atoms with E-state index in [1.54, 1.807) is 6.20 Å². The number of carbonyl (C=O) groups is 1.